The largest absolute Gasteiger partial charge is 0.480 e. The van der Waals surface area contributed by atoms with Crippen LogP contribution in [0.25, 0.3) is 43.6 Å². The second-order valence-electron chi connectivity index (χ2n) is 14.4. The van der Waals surface area contributed by atoms with Gasteiger partial charge in [0, 0.05) is 87.7 Å². The molecule has 0 radical (unpaired) electrons. The van der Waals surface area contributed by atoms with E-state index in [9.17, 15) is 24.3 Å². The van der Waals surface area contributed by atoms with E-state index in [-0.39, 0.29) is 25.7 Å². The van der Waals surface area contributed by atoms with Crippen molar-refractivity contribution < 1.29 is 24.3 Å². The number of nitrogens with two attached hydrogens (primary N) is 1. The number of H-pyrrole nitrogens is 4. The fourth-order valence-corrected chi connectivity index (χ4v) is 7.63. The molecule has 4 heterocycles. The van der Waals surface area contributed by atoms with Crippen LogP contribution in [0.15, 0.2) is 122 Å². The molecule has 3 amide bonds. The van der Waals surface area contributed by atoms with Crippen molar-refractivity contribution in [2.45, 2.75) is 49.9 Å². The monoisotopic (exact) mass is 762 g/mol. The maximum atomic E-state index is 14.5. The van der Waals surface area contributed by atoms with Crippen LogP contribution in [0.3, 0.4) is 0 Å². The highest BCUT2D eigenvalue weighted by molar-refractivity contribution is 5.96. The van der Waals surface area contributed by atoms with Crippen LogP contribution in [-0.4, -0.2) is 72.9 Å². The van der Waals surface area contributed by atoms with Crippen LogP contribution >= 0.6 is 0 Å². The van der Waals surface area contributed by atoms with Gasteiger partial charge >= 0.3 is 5.97 Å². The molecule has 0 spiro atoms. The number of aliphatic carboxylic acids is 1. The lowest BCUT2D eigenvalue weighted by Gasteiger charge is -2.25. The first kappa shape index (κ1) is 36.8. The minimum atomic E-state index is -1.30. The molecule has 10 N–H and O–H groups in total. The molecule has 0 aliphatic heterocycles. The molecule has 0 saturated carbocycles. The summed E-state index contributed by atoms with van der Waals surface area (Å²) in [6.45, 7) is 0. The summed E-state index contributed by atoms with van der Waals surface area (Å²) < 4.78 is 0. The molecule has 0 aliphatic rings. The van der Waals surface area contributed by atoms with Gasteiger partial charge in [0.15, 0.2) is 0 Å². The lowest BCUT2D eigenvalue weighted by Crippen LogP contribution is -2.58. The van der Waals surface area contributed by atoms with Crippen molar-refractivity contribution in [2.24, 2.45) is 5.73 Å². The van der Waals surface area contributed by atoms with E-state index in [0.29, 0.717) is 0 Å². The highest BCUT2D eigenvalue weighted by atomic mass is 16.4. The van der Waals surface area contributed by atoms with Crippen LogP contribution in [-0.2, 0) is 44.9 Å². The van der Waals surface area contributed by atoms with E-state index in [2.05, 4.69) is 35.9 Å². The molecule has 13 heteroatoms. The summed E-state index contributed by atoms with van der Waals surface area (Å²) in [5.74, 6) is -3.08. The smallest absolute Gasteiger partial charge is 0.326 e. The number of carbonyl (C=O) groups is 4. The zero-order valence-corrected chi connectivity index (χ0v) is 30.8. The molecule has 4 aromatic heterocycles. The molecule has 0 fully saturated rings. The van der Waals surface area contributed by atoms with Crippen LogP contribution in [0.2, 0.25) is 0 Å². The maximum absolute atomic E-state index is 14.5. The molecule has 0 unspecified atom stereocenters. The first-order valence-electron chi connectivity index (χ1n) is 18.8. The van der Waals surface area contributed by atoms with Gasteiger partial charge in [-0.3, -0.25) is 14.4 Å². The normalized spacial score (nSPS) is 13.7. The van der Waals surface area contributed by atoms with E-state index < -0.39 is 47.9 Å². The Labute approximate surface area is 326 Å². The van der Waals surface area contributed by atoms with Crippen LogP contribution in [0.1, 0.15) is 22.3 Å². The van der Waals surface area contributed by atoms with Crippen molar-refractivity contribution in [3.8, 4) is 0 Å². The van der Waals surface area contributed by atoms with Gasteiger partial charge in [-0.25, -0.2) is 4.79 Å². The number of amides is 3. The highest BCUT2D eigenvalue weighted by Crippen LogP contribution is 2.23. The van der Waals surface area contributed by atoms with Gasteiger partial charge in [-0.1, -0.05) is 72.8 Å². The minimum Gasteiger partial charge on any atom is -0.480 e. The van der Waals surface area contributed by atoms with E-state index in [1.807, 2.05) is 103 Å². The second kappa shape index (κ2) is 15.9. The molecule has 8 aromatic rings. The first-order valence-corrected chi connectivity index (χ1v) is 18.8. The SMILES string of the molecule is N[C@@H](Cc1c[nH]c2ccccc12)C(=O)N[C@@H](Cc1c[nH]c2ccccc12)C(=O)N[C@@H](Cc1c[nH]c2ccccc12)C(=O)N[C@@H](Cc1c[nH]c2ccccc12)C(=O)O. The quantitative estimate of drug-likeness (QED) is 0.0719. The minimum absolute atomic E-state index is 0.00635. The first-order chi connectivity index (χ1) is 27.7. The predicted molar refractivity (Wildman–Crippen MR) is 219 cm³/mol. The van der Waals surface area contributed by atoms with E-state index in [1.54, 1.807) is 18.6 Å². The zero-order valence-electron chi connectivity index (χ0n) is 30.8. The Kier molecular flexibility index (Phi) is 10.3. The summed E-state index contributed by atoms with van der Waals surface area (Å²) in [5, 5.41) is 22.3. The Morgan fingerprint density at radius 1 is 0.456 bits per heavy atom. The topological polar surface area (TPSA) is 214 Å². The van der Waals surface area contributed by atoms with E-state index >= 15 is 0 Å². The molecule has 8 rings (SSSR count). The van der Waals surface area contributed by atoms with E-state index in [1.165, 1.54) is 0 Å². The van der Waals surface area contributed by atoms with Gasteiger partial charge in [-0.15, -0.1) is 0 Å². The van der Waals surface area contributed by atoms with Crippen LogP contribution in [0.4, 0.5) is 0 Å². The number of nitrogens with one attached hydrogen (secondary N) is 7. The number of aromatic nitrogens is 4. The molecule has 57 heavy (non-hydrogen) atoms. The lowest BCUT2D eigenvalue weighted by atomic mass is 10.00. The molecule has 288 valence electrons. The number of aromatic amines is 4. The predicted octanol–water partition coefficient (Wildman–Crippen LogP) is 4.75. The number of fused-ring (bicyclic) bond motifs is 4. The Hall–Kier alpha value is -7.12. The molecule has 4 aromatic carbocycles. The third-order valence-electron chi connectivity index (χ3n) is 10.6. The van der Waals surface area contributed by atoms with Crippen molar-refractivity contribution in [3.05, 3.63) is 144 Å². The molecule has 4 atom stereocenters. The fraction of sp³-hybridized carbons (Fsp3) is 0.182. The van der Waals surface area contributed by atoms with Gasteiger partial charge in [-0.2, -0.15) is 0 Å². The molecule has 0 saturated heterocycles. The zero-order chi connectivity index (χ0) is 39.5. The Balaban J connectivity index is 1.07. The Bertz CT molecular complexity index is 2740. The molecular weight excluding hydrogens is 721 g/mol. The third-order valence-corrected chi connectivity index (χ3v) is 10.6. The molecular formula is C44H42N8O5. The lowest BCUT2D eigenvalue weighted by molar-refractivity contribution is -0.142. The third kappa shape index (κ3) is 7.86. The number of carboxylic acid groups (broad SMARTS) is 1. The van der Waals surface area contributed by atoms with E-state index in [4.69, 9.17) is 5.73 Å². The van der Waals surface area contributed by atoms with E-state index in [0.717, 1.165) is 65.9 Å². The number of para-hydroxylation sites is 4. The Morgan fingerprint density at radius 2 is 0.754 bits per heavy atom. The van der Waals surface area contributed by atoms with Gasteiger partial charge in [0.1, 0.15) is 18.1 Å². The number of benzene rings is 4. The van der Waals surface area contributed by atoms with Crippen LogP contribution in [0.5, 0.6) is 0 Å². The van der Waals surface area contributed by atoms with Gasteiger partial charge in [0.25, 0.3) is 0 Å². The number of rotatable bonds is 15. The number of hydrogen-bond acceptors (Lipinski definition) is 5. The van der Waals surface area contributed by atoms with Gasteiger partial charge in [0.05, 0.1) is 6.04 Å². The summed E-state index contributed by atoms with van der Waals surface area (Å²) >= 11 is 0. The maximum Gasteiger partial charge on any atom is 0.326 e. The second-order valence-corrected chi connectivity index (χ2v) is 14.4. The molecule has 13 nitrogen and oxygen atoms in total. The summed E-state index contributed by atoms with van der Waals surface area (Å²) in [5.41, 5.74) is 13.1. The Morgan fingerprint density at radius 3 is 1.12 bits per heavy atom. The van der Waals surface area contributed by atoms with Gasteiger partial charge in [0.2, 0.25) is 17.7 Å². The van der Waals surface area contributed by atoms with Crippen molar-refractivity contribution in [1.82, 2.24) is 35.9 Å². The summed E-state index contributed by atoms with van der Waals surface area (Å²) in [6.07, 6.45) is 7.47. The summed E-state index contributed by atoms with van der Waals surface area (Å²) in [7, 11) is 0. The van der Waals surface area contributed by atoms with Crippen molar-refractivity contribution in [3.63, 3.8) is 0 Å². The number of carbonyl (C=O) groups excluding carboxylic acids is 3. The molecule has 0 bridgehead atoms. The van der Waals surface area contributed by atoms with Gasteiger partial charge in [-0.05, 0) is 52.9 Å². The highest BCUT2D eigenvalue weighted by Gasteiger charge is 2.32. The van der Waals surface area contributed by atoms with Crippen LogP contribution < -0.4 is 21.7 Å². The summed E-state index contributed by atoms with van der Waals surface area (Å²) in [6, 6.07) is 25.8. The van der Waals surface area contributed by atoms with Crippen LogP contribution in [0, 0.1) is 0 Å². The van der Waals surface area contributed by atoms with Crippen molar-refractivity contribution >= 4 is 67.3 Å². The standard InChI is InChI=1S/C44H42N8O5/c45-33(17-25-21-46-34-13-5-1-9-29(25)34)41(53)50-38(18-26-22-47-35-14-6-2-10-30(26)35)42(54)51-39(19-27-23-48-36-15-7-3-11-31(27)36)43(55)52-40(44(56)57)20-28-24-49-37-16-8-4-12-32(28)37/h1-16,21-24,33,38-40,46-49H,17-20,45H2,(H,50,53)(H,51,54)(H,52,55)(H,56,57)/t33-,38-,39-,40-/m0/s1. The fourth-order valence-electron chi connectivity index (χ4n) is 7.63. The number of hydrogen-bond donors (Lipinski definition) is 9. The molecule has 0 aliphatic carbocycles. The van der Waals surface area contributed by atoms with Gasteiger partial charge < -0.3 is 46.7 Å². The average molecular weight is 763 g/mol. The summed E-state index contributed by atoms with van der Waals surface area (Å²) in [4.78, 5) is 68.0. The average Bonchev–Trinajstić information content (AvgIpc) is 4.03. The number of carboxylic acids is 1. The van der Waals surface area contributed by atoms with Crippen molar-refractivity contribution in [2.75, 3.05) is 0 Å². The van der Waals surface area contributed by atoms with Crippen molar-refractivity contribution in [1.29, 1.82) is 0 Å².